The molecule has 3 N–H and O–H groups in total. The van der Waals surface area contributed by atoms with Crippen LogP contribution in [0, 0.1) is 0 Å². The highest BCUT2D eigenvalue weighted by molar-refractivity contribution is 5.80. The van der Waals surface area contributed by atoms with Crippen LogP contribution in [-0.2, 0) is 11.2 Å². The van der Waals surface area contributed by atoms with E-state index in [1.807, 2.05) is 26.0 Å². The number of carbonyl (C=O) groups is 1. The third-order valence-electron chi connectivity index (χ3n) is 2.82. The molecule has 0 spiro atoms. The van der Waals surface area contributed by atoms with E-state index in [-0.39, 0.29) is 12.3 Å². The fourth-order valence-corrected chi connectivity index (χ4v) is 1.74. The van der Waals surface area contributed by atoms with E-state index in [1.165, 1.54) is 0 Å². The fourth-order valence-electron chi connectivity index (χ4n) is 1.74. The Balaban J connectivity index is 2.85. The lowest BCUT2D eigenvalue weighted by molar-refractivity contribution is -0.121. The summed E-state index contributed by atoms with van der Waals surface area (Å²) in [7, 11) is 3.13. The number of rotatable bonds is 6. The Labute approximate surface area is 114 Å². The Morgan fingerprint density at radius 2 is 2.00 bits per heavy atom. The largest absolute Gasteiger partial charge is 0.493 e. The van der Waals surface area contributed by atoms with Crippen molar-refractivity contribution < 1.29 is 14.3 Å². The van der Waals surface area contributed by atoms with Gasteiger partial charge in [0.1, 0.15) is 0 Å². The molecule has 0 unspecified atom stereocenters. The molecule has 0 saturated carbocycles. The van der Waals surface area contributed by atoms with Crippen molar-refractivity contribution in [2.75, 3.05) is 20.8 Å². The van der Waals surface area contributed by atoms with Crippen LogP contribution in [0.25, 0.3) is 0 Å². The first-order chi connectivity index (χ1) is 8.93. The van der Waals surface area contributed by atoms with Gasteiger partial charge in [-0.15, -0.1) is 0 Å². The van der Waals surface area contributed by atoms with E-state index >= 15 is 0 Å². The summed E-state index contributed by atoms with van der Waals surface area (Å²) in [6, 6.07) is 5.47. The second-order valence-electron chi connectivity index (χ2n) is 4.97. The van der Waals surface area contributed by atoms with Gasteiger partial charge in [0.2, 0.25) is 5.91 Å². The molecular formula is C14H22N2O3. The predicted octanol–water partition coefficient (Wildman–Crippen LogP) is 1.10. The minimum absolute atomic E-state index is 0.0954. The molecule has 19 heavy (non-hydrogen) atoms. The van der Waals surface area contributed by atoms with Crippen molar-refractivity contribution in [1.82, 2.24) is 5.32 Å². The zero-order chi connectivity index (χ0) is 14.5. The molecule has 1 aromatic carbocycles. The zero-order valence-corrected chi connectivity index (χ0v) is 11.9. The Hall–Kier alpha value is -1.75. The molecule has 0 bridgehead atoms. The molecule has 1 aromatic rings. The maximum atomic E-state index is 12.0. The van der Waals surface area contributed by atoms with Crippen molar-refractivity contribution in [1.29, 1.82) is 0 Å². The lowest BCUT2D eigenvalue weighted by Gasteiger charge is -2.24. The highest BCUT2D eigenvalue weighted by Gasteiger charge is 2.20. The van der Waals surface area contributed by atoms with E-state index in [0.717, 1.165) is 5.56 Å². The summed E-state index contributed by atoms with van der Waals surface area (Å²) in [4.78, 5) is 12.0. The summed E-state index contributed by atoms with van der Waals surface area (Å²) in [6.45, 7) is 4.15. The highest BCUT2D eigenvalue weighted by atomic mass is 16.5. The van der Waals surface area contributed by atoms with Crippen LogP contribution in [0.5, 0.6) is 11.5 Å². The van der Waals surface area contributed by atoms with Gasteiger partial charge in [-0.3, -0.25) is 4.79 Å². The second kappa shape index (κ2) is 6.43. The van der Waals surface area contributed by atoms with E-state index in [2.05, 4.69) is 5.32 Å². The maximum absolute atomic E-state index is 12.0. The standard InChI is InChI=1S/C14H22N2O3/c1-14(2,9-15)16-12(17)8-10-6-5-7-11(18-3)13(10)19-4/h5-7H,8-9,15H2,1-4H3,(H,16,17). The topological polar surface area (TPSA) is 73.6 Å². The normalized spacial score (nSPS) is 11.0. The van der Waals surface area contributed by atoms with E-state index in [4.69, 9.17) is 15.2 Å². The molecule has 0 fully saturated rings. The third kappa shape index (κ3) is 4.13. The molecule has 0 atom stereocenters. The summed E-state index contributed by atoms with van der Waals surface area (Å²) in [5.41, 5.74) is 5.96. The van der Waals surface area contributed by atoms with Gasteiger partial charge < -0.3 is 20.5 Å². The summed E-state index contributed by atoms with van der Waals surface area (Å²) in [6.07, 6.45) is 0.226. The number of benzene rings is 1. The van der Waals surface area contributed by atoms with Crippen molar-refractivity contribution >= 4 is 5.91 Å². The van der Waals surface area contributed by atoms with E-state index in [1.54, 1.807) is 20.3 Å². The van der Waals surface area contributed by atoms with Crippen molar-refractivity contribution in [2.24, 2.45) is 5.73 Å². The Bertz CT molecular complexity index is 444. The predicted molar refractivity (Wildman–Crippen MR) is 74.5 cm³/mol. The van der Waals surface area contributed by atoms with Crippen molar-refractivity contribution in [3.63, 3.8) is 0 Å². The number of methoxy groups -OCH3 is 2. The molecule has 0 saturated heterocycles. The van der Waals surface area contributed by atoms with E-state index in [9.17, 15) is 4.79 Å². The van der Waals surface area contributed by atoms with E-state index in [0.29, 0.717) is 18.0 Å². The first-order valence-corrected chi connectivity index (χ1v) is 6.14. The number of nitrogens with one attached hydrogen (secondary N) is 1. The smallest absolute Gasteiger partial charge is 0.225 e. The Morgan fingerprint density at radius 3 is 2.53 bits per heavy atom. The molecule has 5 heteroatoms. The molecular weight excluding hydrogens is 244 g/mol. The van der Waals surface area contributed by atoms with Gasteiger partial charge in [0.25, 0.3) is 0 Å². The Morgan fingerprint density at radius 1 is 1.32 bits per heavy atom. The van der Waals surface area contributed by atoms with Crippen LogP contribution in [0.2, 0.25) is 0 Å². The van der Waals surface area contributed by atoms with Gasteiger partial charge in [0, 0.05) is 17.6 Å². The van der Waals surface area contributed by atoms with Gasteiger partial charge in [-0.2, -0.15) is 0 Å². The summed E-state index contributed by atoms with van der Waals surface area (Å²) in [5, 5.41) is 2.88. The average molecular weight is 266 g/mol. The lowest BCUT2D eigenvalue weighted by Crippen LogP contribution is -2.49. The van der Waals surface area contributed by atoms with Crippen molar-refractivity contribution in [3.05, 3.63) is 23.8 Å². The monoisotopic (exact) mass is 266 g/mol. The number of hydrogen-bond donors (Lipinski definition) is 2. The van der Waals surface area contributed by atoms with Crippen molar-refractivity contribution in [3.8, 4) is 11.5 Å². The SMILES string of the molecule is COc1cccc(CC(=O)NC(C)(C)CN)c1OC. The minimum atomic E-state index is -0.414. The van der Waals surface area contributed by atoms with Crippen LogP contribution in [0.4, 0.5) is 0 Å². The first kappa shape index (κ1) is 15.3. The van der Waals surface area contributed by atoms with Gasteiger partial charge in [0.05, 0.1) is 20.6 Å². The van der Waals surface area contributed by atoms with Crippen LogP contribution >= 0.6 is 0 Å². The Kier molecular flexibility index (Phi) is 5.18. The number of hydrogen-bond acceptors (Lipinski definition) is 4. The molecule has 0 aliphatic rings. The lowest BCUT2D eigenvalue weighted by atomic mass is 10.0. The summed E-state index contributed by atoms with van der Waals surface area (Å²) in [5.74, 6) is 1.11. The molecule has 0 aliphatic heterocycles. The average Bonchev–Trinajstić information content (AvgIpc) is 2.37. The fraction of sp³-hybridized carbons (Fsp3) is 0.500. The molecule has 1 amide bonds. The molecule has 0 aromatic heterocycles. The third-order valence-corrected chi connectivity index (χ3v) is 2.82. The molecule has 0 radical (unpaired) electrons. The molecule has 0 aliphatic carbocycles. The van der Waals surface area contributed by atoms with Crippen molar-refractivity contribution in [2.45, 2.75) is 25.8 Å². The van der Waals surface area contributed by atoms with Crippen LogP contribution in [0.3, 0.4) is 0 Å². The van der Waals surface area contributed by atoms with Crippen LogP contribution < -0.4 is 20.5 Å². The van der Waals surface area contributed by atoms with Gasteiger partial charge in [-0.05, 0) is 19.9 Å². The number of ether oxygens (including phenoxy) is 2. The first-order valence-electron chi connectivity index (χ1n) is 6.14. The van der Waals surface area contributed by atoms with Crippen LogP contribution in [0.15, 0.2) is 18.2 Å². The maximum Gasteiger partial charge on any atom is 0.225 e. The molecule has 1 rings (SSSR count). The number of amides is 1. The molecule has 106 valence electrons. The molecule has 5 nitrogen and oxygen atoms in total. The van der Waals surface area contributed by atoms with Gasteiger partial charge in [-0.1, -0.05) is 12.1 Å². The quantitative estimate of drug-likeness (QED) is 0.808. The number of para-hydroxylation sites is 1. The highest BCUT2D eigenvalue weighted by Crippen LogP contribution is 2.30. The van der Waals surface area contributed by atoms with Crippen LogP contribution in [0.1, 0.15) is 19.4 Å². The van der Waals surface area contributed by atoms with Gasteiger partial charge in [0.15, 0.2) is 11.5 Å². The molecule has 0 heterocycles. The number of carbonyl (C=O) groups excluding carboxylic acids is 1. The van der Waals surface area contributed by atoms with E-state index < -0.39 is 5.54 Å². The second-order valence-corrected chi connectivity index (χ2v) is 4.97. The van der Waals surface area contributed by atoms with Gasteiger partial charge in [-0.25, -0.2) is 0 Å². The minimum Gasteiger partial charge on any atom is -0.493 e. The zero-order valence-electron chi connectivity index (χ0n) is 11.9. The summed E-state index contributed by atoms with van der Waals surface area (Å²) < 4.78 is 10.5. The van der Waals surface area contributed by atoms with Gasteiger partial charge >= 0.3 is 0 Å². The van der Waals surface area contributed by atoms with Crippen LogP contribution in [-0.4, -0.2) is 32.2 Å². The summed E-state index contributed by atoms with van der Waals surface area (Å²) >= 11 is 0. The number of nitrogens with two attached hydrogens (primary N) is 1.